The van der Waals surface area contributed by atoms with Gasteiger partial charge in [-0.05, 0) is 30.0 Å². The summed E-state index contributed by atoms with van der Waals surface area (Å²) in [5.74, 6) is 0.713. The Morgan fingerprint density at radius 1 is 1.35 bits per heavy atom. The van der Waals surface area contributed by atoms with Crippen LogP contribution in [0.1, 0.15) is 31.7 Å². The molecule has 0 saturated carbocycles. The average molecular weight is 394 g/mol. The normalized spacial score (nSPS) is 19.0. The average Bonchev–Trinajstić information content (AvgIpc) is 3.19. The number of rotatable bonds is 6. The maximum atomic E-state index is 12.1. The van der Waals surface area contributed by atoms with Crippen molar-refractivity contribution in [3.05, 3.63) is 42.2 Å². The van der Waals surface area contributed by atoms with Gasteiger partial charge in [0.1, 0.15) is 0 Å². The van der Waals surface area contributed by atoms with Gasteiger partial charge in [0.2, 0.25) is 5.91 Å². The third-order valence-electron chi connectivity index (χ3n) is 4.37. The number of hydrogen-bond acceptors (Lipinski definition) is 5. The first-order chi connectivity index (χ1) is 12.3. The Bertz CT molecular complexity index is 873. The fourth-order valence-electron chi connectivity index (χ4n) is 2.92. The molecule has 1 aliphatic heterocycles. The molecule has 1 N–H and O–H groups in total. The summed E-state index contributed by atoms with van der Waals surface area (Å²) in [6.45, 7) is 4.31. The van der Waals surface area contributed by atoms with Crippen LogP contribution in [0.25, 0.3) is 5.69 Å². The van der Waals surface area contributed by atoms with Crippen LogP contribution in [-0.4, -0.2) is 47.2 Å². The molecule has 26 heavy (non-hydrogen) atoms. The van der Waals surface area contributed by atoms with Gasteiger partial charge >= 0.3 is 0 Å². The summed E-state index contributed by atoms with van der Waals surface area (Å²) in [4.78, 5) is 16.4. The molecule has 0 aliphatic carbocycles. The molecular weight excluding hydrogens is 370 g/mol. The summed E-state index contributed by atoms with van der Waals surface area (Å²) in [6.07, 6.45) is 4.07. The number of hydrogen-bond donors (Lipinski definition) is 1. The number of nitrogens with zero attached hydrogens (tertiary/aromatic N) is 2. The molecule has 6 nitrogen and oxygen atoms in total. The standard InChI is InChI=1S/C18H23N3O3S2/c1-13(2)14-3-5-16(6-4-14)21-9-8-19-18(21)25-11-17(22)20-15-7-10-26(23,24)12-15/h3-6,8-9,13,15H,7,10-12H2,1-2H3,(H,20,22)/t15-/m0/s1. The van der Waals surface area contributed by atoms with Gasteiger partial charge in [0.25, 0.3) is 0 Å². The number of aromatic nitrogens is 2. The first kappa shape index (κ1) is 19.0. The molecule has 0 spiro atoms. The second-order valence-electron chi connectivity index (χ2n) is 6.78. The Labute approximate surface area is 158 Å². The summed E-state index contributed by atoms with van der Waals surface area (Å²) in [5, 5.41) is 3.53. The molecule has 1 aromatic heterocycles. The summed E-state index contributed by atoms with van der Waals surface area (Å²) >= 11 is 1.34. The van der Waals surface area contributed by atoms with Crippen molar-refractivity contribution < 1.29 is 13.2 Å². The van der Waals surface area contributed by atoms with Gasteiger partial charge in [-0.2, -0.15) is 0 Å². The molecule has 0 unspecified atom stereocenters. The highest BCUT2D eigenvalue weighted by molar-refractivity contribution is 7.99. The number of imidazole rings is 1. The molecule has 0 bridgehead atoms. The van der Waals surface area contributed by atoms with Gasteiger partial charge in [-0.1, -0.05) is 37.7 Å². The fraction of sp³-hybridized carbons (Fsp3) is 0.444. The van der Waals surface area contributed by atoms with Crippen molar-refractivity contribution in [1.29, 1.82) is 0 Å². The highest BCUT2D eigenvalue weighted by Gasteiger charge is 2.28. The van der Waals surface area contributed by atoms with Gasteiger partial charge in [-0.3, -0.25) is 9.36 Å². The lowest BCUT2D eigenvalue weighted by atomic mass is 10.0. The number of thioether (sulfide) groups is 1. The lowest BCUT2D eigenvalue weighted by molar-refractivity contribution is -0.119. The molecular formula is C18H23N3O3S2. The topological polar surface area (TPSA) is 81.1 Å². The van der Waals surface area contributed by atoms with Crippen LogP contribution in [0.15, 0.2) is 41.8 Å². The van der Waals surface area contributed by atoms with E-state index >= 15 is 0 Å². The summed E-state index contributed by atoms with van der Waals surface area (Å²) < 4.78 is 24.9. The quantitative estimate of drug-likeness (QED) is 0.762. The van der Waals surface area contributed by atoms with E-state index in [9.17, 15) is 13.2 Å². The van der Waals surface area contributed by atoms with Crippen molar-refractivity contribution in [2.75, 3.05) is 17.3 Å². The van der Waals surface area contributed by atoms with E-state index in [4.69, 9.17) is 0 Å². The first-order valence-corrected chi connectivity index (χ1v) is 11.4. The van der Waals surface area contributed by atoms with Gasteiger partial charge in [0.15, 0.2) is 15.0 Å². The fourth-order valence-corrected chi connectivity index (χ4v) is 5.38. The number of nitrogens with one attached hydrogen (secondary N) is 1. The molecule has 8 heteroatoms. The van der Waals surface area contributed by atoms with Crippen molar-refractivity contribution in [2.24, 2.45) is 0 Å². The number of carbonyl (C=O) groups excluding carboxylic acids is 1. The molecule has 3 rings (SSSR count). The highest BCUT2D eigenvalue weighted by Crippen LogP contribution is 2.22. The van der Waals surface area contributed by atoms with Crippen LogP contribution in [0, 0.1) is 0 Å². The van der Waals surface area contributed by atoms with E-state index in [2.05, 4.69) is 36.3 Å². The Morgan fingerprint density at radius 3 is 2.69 bits per heavy atom. The molecule has 1 amide bonds. The smallest absolute Gasteiger partial charge is 0.230 e. The van der Waals surface area contributed by atoms with E-state index in [1.807, 2.05) is 22.9 Å². The zero-order valence-electron chi connectivity index (χ0n) is 14.9. The van der Waals surface area contributed by atoms with Gasteiger partial charge in [0, 0.05) is 24.1 Å². The van der Waals surface area contributed by atoms with Crippen LogP contribution in [0.4, 0.5) is 0 Å². The molecule has 140 valence electrons. The van der Waals surface area contributed by atoms with Crippen LogP contribution < -0.4 is 5.32 Å². The Balaban J connectivity index is 1.59. The summed E-state index contributed by atoms with van der Waals surface area (Å²) in [7, 11) is -2.99. The van der Waals surface area contributed by atoms with Crippen molar-refractivity contribution in [1.82, 2.24) is 14.9 Å². The van der Waals surface area contributed by atoms with Crippen LogP contribution >= 0.6 is 11.8 Å². The van der Waals surface area contributed by atoms with Gasteiger partial charge in [0.05, 0.1) is 17.3 Å². The van der Waals surface area contributed by atoms with E-state index < -0.39 is 9.84 Å². The molecule has 1 aliphatic rings. The predicted molar refractivity (Wildman–Crippen MR) is 104 cm³/mol. The Hall–Kier alpha value is -1.80. The van der Waals surface area contributed by atoms with Crippen LogP contribution in [0.2, 0.25) is 0 Å². The third-order valence-corrected chi connectivity index (χ3v) is 7.11. The van der Waals surface area contributed by atoms with E-state index in [-0.39, 0.29) is 29.2 Å². The Kier molecular flexibility index (Phi) is 5.72. The monoisotopic (exact) mass is 393 g/mol. The van der Waals surface area contributed by atoms with Gasteiger partial charge < -0.3 is 5.32 Å². The van der Waals surface area contributed by atoms with Crippen molar-refractivity contribution >= 4 is 27.5 Å². The maximum absolute atomic E-state index is 12.1. The number of carbonyl (C=O) groups is 1. The van der Waals surface area contributed by atoms with Gasteiger partial charge in [-0.25, -0.2) is 13.4 Å². The maximum Gasteiger partial charge on any atom is 0.230 e. The van der Waals surface area contributed by atoms with E-state index in [0.29, 0.717) is 12.3 Å². The van der Waals surface area contributed by atoms with E-state index in [1.54, 1.807) is 6.20 Å². The molecule has 0 radical (unpaired) electrons. The number of amides is 1. The van der Waals surface area contributed by atoms with Crippen LogP contribution in [0.3, 0.4) is 0 Å². The third kappa shape index (κ3) is 4.67. The minimum atomic E-state index is -2.99. The summed E-state index contributed by atoms with van der Waals surface area (Å²) in [5.41, 5.74) is 2.27. The molecule has 2 aromatic rings. The minimum absolute atomic E-state index is 0.0419. The lowest BCUT2D eigenvalue weighted by Crippen LogP contribution is -2.36. The lowest BCUT2D eigenvalue weighted by Gasteiger charge is -2.12. The molecule has 1 aromatic carbocycles. The second-order valence-corrected chi connectivity index (χ2v) is 9.95. The SMILES string of the molecule is CC(C)c1ccc(-n2ccnc2SCC(=O)N[C@H]2CCS(=O)(=O)C2)cc1. The van der Waals surface area contributed by atoms with Crippen molar-refractivity contribution in [2.45, 2.75) is 37.4 Å². The van der Waals surface area contributed by atoms with Crippen LogP contribution in [0.5, 0.6) is 0 Å². The zero-order chi connectivity index (χ0) is 18.7. The highest BCUT2D eigenvalue weighted by atomic mass is 32.2. The van der Waals surface area contributed by atoms with E-state index in [0.717, 1.165) is 10.8 Å². The number of sulfone groups is 1. The second kappa shape index (κ2) is 7.84. The van der Waals surface area contributed by atoms with E-state index in [1.165, 1.54) is 17.3 Å². The van der Waals surface area contributed by atoms with Crippen LogP contribution in [-0.2, 0) is 14.6 Å². The summed E-state index contributed by atoms with van der Waals surface area (Å²) in [6, 6.07) is 8.02. The largest absolute Gasteiger partial charge is 0.352 e. The molecule has 1 saturated heterocycles. The Morgan fingerprint density at radius 2 is 2.08 bits per heavy atom. The first-order valence-electron chi connectivity index (χ1n) is 8.60. The predicted octanol–water partition coefficient (Wildman–Crippen LogP) is 2.39. The minimum Gasteiger partial charge on any atom is -0.352 e. The van der Waals surface area contributed by atoms with Crippen molar-refractivity contribution in [3.8, 4) is 5.69 Å². The molecule has 2 heterocycles. The van der Waals surface area contributed by atoms with Gasteiger partial charge in [-0.15, -0.1) is 0 Å². The zero-order valence-corrected chi connectivity index (χ0v) is 16.5. The van der Waals surface area contributed by atoms with Crippen molar-refractivity contribution in [3.63, 3.8) is 0 Å². The molecule has 1 atom stereocenters. The molecule has 1 fully saturated rings. The number of benzene rings is 1.